The van der Waals surface area contributed by atoms with Crippen LogP contribution in [-0.2, 0) is 11.2 Å². The van der Waals surface area contributed by atoms with E-state index >= 15 is 0 Å². The van der Waals surface area contributed by atoms with Gasteiger partial charge in [0.25, 0.3) is 0 Å². The minimum absolute atomic E-state index is 0.129. The topological polar surface area (TPSA) is 49.8 Å². The van der Waals surface area contributed by atoms with E-state index in [9.17, 15) is 14.3 Å². The number of aliphatic hydroxyl groups is 1. The highest BCUT2D eigenvalue weighted by Crippen LogP contribution is 2.20. The quantitative estimate of drug-likeness (QED) is 0.838. The van der Waals surface area contributed by atoms with Gasteiger partial charge in [0.15, 0.2) is 0 Å². The summed E-state index contributed by atoms with van der Waals surface area (Å²) in [4.78, 5) is 14.0. The fraction of sp³-hybridized carbons (Fsp3) is 0.350. The Hall–Kier alpha value is -2.40. The number of ether oxygens (including phenoxy) is 1. The van der Waals surface area contributed by atoms with Gasteiger partial charge >= 0.3 is 0 Å². The first-order valence-electron chi connectivity index (χ1n) is 8.22. The summed E-state index contributed by atoms with van der Waals surface area (Å²) < 4.78 is 18.8. The van der Waals surface area contributed by atoms with Crippen LogP contribution < -0.4 is 4.74 Å². The van der Waals surface area contributed by atoms with Crippen molar-refractivity contribution in [3.63, 3.8) is 0 Å². The molecule has 2 rings (SSSR count). The number of amides is 1. The summed E-state index contributed by atoms with van der Waals surface area (Å²) in [5, 5.41) is 10.3. The Bertz CT molecular complexity index is 702. The van der Waals surface area contributed by atoms with Crippen LogP contribution in [0.3, 0.4) is 0 Å². The van der Waals surface area contributed by atoms with E-state index in [1.807, 2.05) is 0 Å². The van der Waals surface area contributed by atoms with Gasteiger partial charge in [0.1, 0.15) is 11.6 Å². The molecule has 0 aliphatic heterocycles. The Labute approximate surface area is 147 Å². The van der Waals surface area contributed by atoms with E-state index in [4.69, 9.17) is 4.74 Å². The van der Waals surface area contributed by atoms with Crippen LogP contribution in [0.1, 0.15) is 24.2 Å². The molecule has 0 spiro atoms. The second-order valence-corrected chi connectivity index (χ2v) is 6.20. The molecular formula is C20H24FNO3. The summed E-state index contributed by atoms with van der Waals surface area (Å²) in [5.74, 6) is -0.0947. The number of likely N-dealkylation sites (N-methyl/N-ethyl adjacent to an activating group) is 1. The third kappa shape index (κ3) is 5.03. The third-order valence-corrected chi connectivity index (χ3v) is 4.23. The zero-order valence-electron chi connectivity index (χ0n) is 14.8. The molecule has 0 heterocycles. The Kier molecular flexibility index (Phi) is 6.53. The minimum Gasteiger partial charge on any atom is -0.497 e. The number of halogens is 1. The van der Waals surface area contributed by atoms with Crippen LogP contribution in [0.5, 0.6) is 5.75 Å². The molecule has 1 N–H and O–H groups in total. The average molecular weight is 345 g/mol. The van der Waals surface area contributed by atoms with E-state index in [0.717, 1.165) is 0 Å². The highest BCUT2D eigenvalue weighted by molar-refractivity contribution is 5.78. The predicted octanol–water partition coefficient (Wildman–Crippen LogP) is 3.20. The number of methoxy groups -OCH3 is 1. The Balaban J connectivity index is 1.95. The number of carbonyl (C=O) groups is 1. The smallest absolute Gasteiger partial charge is 0.225 e. The molecule has 0 aromatic heterocycles. The predicted molar refractivity (Wildman–Crippen MR) is 94.9 cm³/mol. The first-order valence-corrected chi connectivity index (χ1v) is 8.22. The van der Waals surface area contributed by atoms with Gasteiger partial charge in [-0.05, 0) is 35.7 Å². The molecule has 134 valence electrons. The van der Waals surface area contributed by atoms with Gasteiger partial charge < -0.3 is 14.7 Å². The van der Waals surface area contributed by atoms with Crippen LogP contribution >= 0.6 is 0 Å². The monoisotopic (exact) mass is 345 g/mol. The lowest BCUT2D eigenvalue weighted by Gasteiger charge is -2.24. The molecule has 2 unspecified atom stereocenters. The maximum Gasteiger partial charge on any atom is 0.225 e. The lowest BCUT2D eigenvalue weighted by molar-refractivity contribution is -0.135. The van der Waals surface area contributed by atoms with Gasteiger partial charge in [0, 0.05) is 13.0 Å². The van der Waals surface area contributed by atoms with Gasteiger partial charge in [0.05, 0.1) is 19.8 Å². The van der Waals surface area contributed by atoms with E-state index in [1.54, 1.807) is 63.5 Å². The highest BCUT2D eigenvalue weighted by Gasteiger charge is 2.21. The fourth-order valence-corrected chi connectivity index (χ4v) is 2.74. The van der Waals surface area contributed by atoms with Crippen molar-refractivity contribution in [2.75, 3.05) is 20.7 Å². The molecule has 0 aliphatic rings. The van der Waals surface area contributed by atoms with E-state index in [0.29, 0.717) is 23.3 Å². The summed E-state index contributed by atoms with van der Waals surface area (Å²) in [7, 11) is 3.22. The zero-order chi connectivity index (χ0) is 18.4. The number of aliphatic hydroxyl groups excluding tert-OH is 1. The Morgan fingerprint density at radius 3 is 2.44 bits per heavy atom. The summed E-state index contributed by atoms with van der Waals surface area (Å²) in [5.41, 5.74) is 1.23. The van der Waals surface area contributed by atoms with Gasteiger partial charge in [-0.2, -0.15) is 0 Å². The van der Waals surface area contributed by atoms with Crippen LogP contribution in [0.25, 0.3) is 0 Å². The molecular weight excluding hydrogens is 321 g/mol. The number of carbonyl (C=O) groups excluding carboxylic acids is 1. The number of rotatable bonds is 7. The van der Waals surface area contributed by atoms with E-state index < -0.39 is 6.10 Å². The van der Waals surface area contributed by atoms with Crippen molar-refractivity contribution in [1.29, 1.82) is 0 Å². The SMILES string of the molecule is COc1ccc(C(O)CN(C)C(=O)C(C)Cc2ccccc2F)cc1. The molecule has 2 aromatic carbocycles. The molecule has 0 bridgehead atoms. The number of nitrogens with zero attached hydrogens (tertiary/aromatic N) is 1. The van der Waals surface area contributed by atoms with Crippen molar-refractivity contribution in [3.05, 3.63) is 65.5 Å². The van der Waals surface area contributed by atoms with Crippen LogP contribution in [-0.4, -0.2) is 36.6 Å². The molecule has 2 atom stereocenters. The second-order valence-electron chi connectivity index (χ2n) is 6.20. The van der Waals surface area contributed by atoms with E-state index in [1.165, 1.54) is 11.0 Å². The van der Waals surface area contributed by atoms with Crippen molar-refractivity contribution in [1.82, 2.24) is 4.90 Å². The summed E-state index contributed by atoms with van der Waals surface area (Å²) in [6.07, 6.45) is -0.463. The van der Waals surface area contributed by atoms with Crippen molar-refractivity contribution in [2.24, 2.45) is 5.92 Å². The molecule has 0 aliphatic carbocycles. The van der Waals surface area contributed by atoms with Crippen molar-refractivity contribution >= 4 is 5.91 Å². The Morgan fingerprint density at radius 2 is 1.84 bits per heavy atom. The van der Waals surface area contributed by atoms with Gasteiger partial charge in [-0.15, -0.1) is 0 Å². The van der Waals surface area contributed by atoms with E-state index in [2.05, 4.69) is 0 Å². The van der Waals surface area contributed by atoms with Crippen molar-refractivity contribution in [3.8, 4) is 5.75 Å². The maximum atomic E-state index is 13.7. The number of benzene rings is 2. The minimum atomic E-state index is -0.791. The van der Waals surface area contributed by atoms with Crippen LogP contribution in [0.15, 0.2) is 48.5 Å². The van der Waals surface area contributed by atoms with Gasteiger partial charge in [-0.3, -0.25) is 4.79 Å². The van der Waals surface area contributed by atoms with Gasteiger partial charge in [-0.1, -0.05) is 37.3 Å². The third-order valence-electron chi connectivity index (χ3n) is 4.23. The highest BCUT2D eigenvalue weighted by atomic mass is 19.1. The molecule has 5 heteroatoms. The standard InChI is InChI=1S/C20H24FNO3/c1-14(12-16-6-4-5-7-18(16)21)20(24)22(2)13-19(23)15-8-10-17(25-3)11-9-15/h4-11,14,19,23H,12-13H2,1-3H3. The summed E-state index contributed by atoms with van der Waals surface area (Å²) in [6.45, 7) is 1.94. The normalized spacial score (nSPS) is 13.2. The molecule has 1 amide bonds. The van der Waals surface area contributed by atoms with Crippen LogP contribution in [0, 0.1) is 11.7 Å². The van der Waals surface area contributed by atoms with E-state index in [-0.39, 0.29) is 24.2 Å². The largest absolute Gasteiger partial charge is 0.497 e. The molecule has 0 saturated heterocycles. The molecule has 0 fully saturated rings. The first-order chi connectivity index (χ1) is 11.9. The average Bonchev–Trinajstić information content (AvgIpc) is 2.62. The maximum absolute atomic E-state index is 13.7. The zero-order valence-corrected chi connectivity index (χ0v) is 14.8. The van der Waals surface area contributed by atoms with Crippen LogP contribution in [0.4, 0.5) is 4.39 Å². The summed E-state index contributed by atoms with van der Waals surface area (Å²) in [6, 6.07) is 13.5. The molecule has 0 saturated carbocycles. The molecule has 0 radical (unpaired) electrons. The van der Waals surface area contributed by atoms with Crippen molar-refractivity contribution < 1.29 is 19.0 Å². The van der Waals surface area contributed by atoms with Gasteiger partial charge in [0.2, 0.25) is 5.91 Å². The second kappa shape index (κ2) is 8.62. The fourth-order valence-electron chi connectivity index (χ4n) is 2.74. The number of hydrogen-bond acceptors (Lipinski definition) is 3. The molecule has 2 aromatic rings. The summed E-state index contributed by atoms with van der Waals surface area (Å²) >= 11 is 0. The number of hydrogen-bond donors (Lipinski definition) is 1. The lowest BCUT2D eigenvalue weighted by Crippen LogP contribution is -2.35. The van der Waals surface area contributed by atoms with Crippen molar-refractivity contribution in [2.45, 2.75) is 19.4 Å². The molecule has 4 nitrogen and oxygen atoms in total. The van der Waals surface area contributed by atoms with Gasteiger partial charge in [-0.25, -0.2) is 4.39 Å². The Morgan fingerprint density at radius 1 is 1.20 bits per heavy atom. The first kappa shape index (κ1) is 18.9. The van der Waals surface area contributed by atoms with Crippen LogP contribution in [0.2, 0.25) is 0 Å². The molecule has 25 heavy (non-hydrogen) atoms. The lowest BCUT2D eigenvalue weighted by atomic mass is 9.99.